The summed E-state index contributed by atoms with van der Waals surface area (Å²) in [6, 6.07) is 7.58. The number of methoxy groups -OCH3 is 1. The first-order valence-electron chi connectivity index (χ1n) is 13.0. The van der Waals surface area contributed by atoms with Crippen LogP contribution in [-0.4, -0.2) is 63.4 Å². The van der Waals surface area contributed by atoms with Gasteiger partial charge in [0.25, 0.3) is 0 Å². The molecule has 0 unspecified atom stereocenters. The number of ether oxygens (including phenoxy) is 2. The summed E-state index contributed by atoms with van der Waals surface area (Å²) in [5, 5.41) is 10.4. The zero-order chi connectivity index (χ0) is 28.1. The smallest absolute Gasteiger partial charge is 0.246 e. The van der Waals surface area contributed by atoms with Crippen LogP contribution in [0.5, 0.6) is 11.5 Å². The van der Waals surface area contributed by atoms with Gasteiger partial charge in [-0.25, -0.2) is 18.7 Å². The number of hydrogen-bond donors (Lipinski definition) is 2. The van der Waals surface area contributed by atoms with E-state index in [1.165, 1.54) is 35.8 Å². The minimum atomic E-state index is -1.12. The minimum Gasteiger partial charge on any atom is -0.493 e. The molecule has 0 bridgehead atoms. The van der Waals surface area contributed by atoms with Crippen LogP contribution in [0.4, 0.5) is 26.0 Å². The Hall–Kier alpha value is -4.32. The highest BCUT2D eigenvalue weighted by Crippen LogP contribution is 2.35. The fourth-order valence-corrected chi connectivity index (χ4v) is 4.66. The Balaban J connectivity index is 1.23. The number of nitrogens with zero attached hydrogens (tertiary/aromatic N) is 5. The fourth-order valence-electron chi connectivity index (χ4n) is 4.66. The number of fused-ring (bicyclic) bond motifs is 1. The van der Waals surface area contributed by atoms with E-state index in [2.05, 4.69) is 37.5 Å². The standard InChI is InChI=1S/C28H30F2N7O3/c1-18-6-4-9-36(18)10-5-11-40-25-13-23-20(12-24(25)39-2)28(32-17-31-23)34-19-14-33-37(15-19)16-26(38)35-22-8-3-7-21(29)27(22)30/h3,7-8,12-15,17-18H,1,4-6,9-11,16H2,2H3,(H,35,38)(H,31,32,34)/t18-/m0/s1. The number of nitrogens with one attached hydrogen (secondary N) is 2. The summed E-state index contributed by atoms with van der Waals surface area (Å²) in [6.07, 6.45) is 7.77. The second kappa shape index (κ2) is 12.2. The van der Waals surface area contributed by atoms with Crippen LogP contribution < -0.4 is 20.1 Å². The van der Waals surface area contributed by atoms with E-state index in [-0.39, 0.29) is 12.2 Å². The van der Waals surface area contributed by atoms with Crippen molar-refractivity contribution in [3.8, 4) is 11.5 Å². The monoisotopic (exact) mass is 550 g/mol. The molecular formula is C28H30F2N7O3. The van der Waals surface area contributed by atoms with Crippen molar-refractivity contribution in [2.75, 3.05) is 37.4 Å². The number of halogens is 2. The average Bonchev–Trinajstić information content (AvgIpc) is 3.56. The largest absolute Gasteiger partial charge is 0.493 e. The summed E-state index contributed by atoms with van der Waals surface area (Å²) >= 11 is 0. The first kappa shape index (κ1) is 27.3. The summed E-state index contributed by atoms with van der Waals surface area (Å²) in [6.45, 7) is 6.55. The Morgan fingerprint density at radius 1 is 1.23 bits per heavy atom. The molecule has 1 aliphatic heterocycles. The van der Waals surface area contributed by atoms with Gasteiger partial charge in [0.15, 0.2) is 23.1 Å². The summed E-state index contributed by atoms with van der Waals surface area (Å²) in [5.41, 5.74) is 0.989. The topological polar surface area (TPSA) is 106 Å². The molecule has 10 nitrogen and oxygen atoms in total. The number of hydrogen-bond acceptors (Lipinski definition) is 8. The van der Waals surface area contributed by atoms with Crippen molar-refractivity contribution in [2.24, 2.45) is 0 Å². The van der Waals surface area contributed by atoms with Crippen LogP contribution in [0.1, 0.15) is 19.3 Å². The maximum atomic E-state index is 13.8. The molecular weight excluding hydrogens is 520 g/mol. The molecule has 1 atom stereocenters. The second-order valence-electron chi connectivity index (χ2n) is 9.48. The van der Waals surface area contributed by atoms with Crippen molar-refractivity contribution < 1.29 is 23.0 Å². The minimum absolute atomic E-state index is 0.205. The number of carbonyl (C=O) groups is 1. The first-order valence-corrected chi connectivity index (χ1v) is 13.0. The Morgan fingerprint density at radius 3 is 2.90 bits per heavy atom. The lowest BCUT2D eigenvalue weighted by Crippen LogP contribution is -2.29. The van der Waals surface area contributed by atoms with Gasteiger partial charge >= 0.3 is 0 Å². The first-order chi connectivity index (χ1) is 19.4. The third-order valence-corrected chi connectivity index (χ3v) is 6.69. The van der Waals surface area contributed by atoms with Crippen molar-refractivity contribution in [3.05, 3.63) is 67.6 Å². The number of carbonyl (C=O) groups excluding carboxylic acids is 1. The van der Waals surface area contributed by atoms with Gasteiger partial charge in [0.2, 0.25) is 5.91 Å². The highest BCUT2D eigenvalue weighted by molar-refractivity contribution is 5.93. The molecule has 1 radical (unpaired) electrons. The van der Waals surface area contributed by atoms with Crippen LogP contribution in [-0.2, 0) is 11.3 Å². The molecule has 4 aromatic rings. The van der Waals surface area contributed by atoms with Gasteiger partial charge in [0, 0.05) is 30.2 Å². The summed E-state index contributed by atoms with van der Waals surface area (Å²) in [4.78, 5) is 23.5. The SMILES string of the molecule is [CH2][C@H]1CCCN1CCCOc1cc2ncnc(Nc3cnn(CC(=O)Nc4cccc(F)c4F)c3)c2cc1OC. The average molecular weight is 551 g/mol. The van der Waals surface area contributed by atoms with E-state index in [9.17, 15) is 13.6 Å². The van der Waals surface area contributed by atoms with Crippen molar-refractivity contribution in [1.82, 2.24) is 24.6 Å². The van der Waals surface area contributed by atoms with Crippen LogP contribution in [0.25, 0.3) is 10.9 Å². The third kappa shape index (κ3) is 6.28. The lowest BCUT2D eigenvalue weighted by Gasteiger charge is -2.20. The Morgan fingerprint density at radius 2 is 2.10 bits per heavy atom. The van der Waals surface area contributed by atoms with Crippen molar-refractivity contribution >= 4 is 34.0 Å². The maximum absolute atomic E-state index is 13.8. The van der Waals surface area contributed by atoms with Crippen molar-refractivity contribution in [2.45, 2.75) is 31.8 Å². The van der Waals surface area contributed by atoms with Crippen LogP contribution in [0.3, 0.4) is 0 Å². The number of rotatable bonds is 11. The Kier molecular flexibility index (Phi) is 8.34. The van der Waals surface area contributed by atoms with E-state index < -0.39 is 17.5 Å². The molecule has 0 spiro atoms. The van der Waals surface area contributed by atoms with E-state index in [1.54, 1.807) is 13.3 Å². The van der Waals surface area contributed by atoms with Gasteiger partial charge < -0.3 is 25.0 Å². The van der Waals surface area contributed by atoms with Gasteiger partial charge in [-0.15, -0.1) is 0 Å². The molecule has 2 aromatic carbocycles. The zero-order valence-corrected chi connectivity index (χ0v) is 22.1. The van der Waals surface area contributed by atoms with E-state index in [4.69, 9.17) is 9.47 Å². The third-order valence-electron chi connectivity index (χ3n) is 6.69. The molecule has 40 heavy (non-hydrogen) atoms. The number of aromatic nitrogens is 4. The van der Waals surface area contributed by atoms with E-state index in [1.807, 2.05) is 12.1 Å². The van der Waals surface area contributed by atoms with Crippen LogP contribution in [0.2, 0.25) is 0 Å². The molecule has 1 aliphatic rings. The van der Waals surface area contributed by atoms with Gasteiger partial charge in [-0.3, -0.25) is 9.48 Å². The molecule has 12 heteroatoms. The van der Waals surface area contributed by atoms with Crippen molar-refractivity contribution in [1.29, 1.82) is 0 Å². The summed E-state index contributed by atoms with van der Waals surface area (Å²) in [7, 11) is 1.58. The molecule has 0 aliphatic carbocycles. The van der Waals surface area contributed by atoms with E-state index >= 15 is 0 Å². The molecule has 1 saturated heterocycles. The predicted molar refractivity (Wildman–Crippen MR) is 147 cm³/mol. The quantitative estimate of drug-likeness (QED) is 0.262. The number of benzene rings is 2. The maximum Gasteiger partial charge on any atom is 0.246 e. The van der Waals surface area contributed by atoms with E-state index in [0.29, 0.717) is 46.6 Å². The van der Waals surface area contributed by atoms with Crippen LogP contribution in [0.15, 0.2) is 49.1 Å². The molecule has 2 aromatic heterocycles. The molecule has 3 heterocycles. The second-order valence-corrected chi connectivity index (χ2v) is 9.48. The number of amides is 1. The van der Waals surface area contributed by atoms with Crippen LogP contribution in [0, 0.1) is 18.6 Å². The zero-order valence-electron chi connectivity index (χ0n) is 22.1. The van der Waals surface area contributed by atoms with Crippen LogP contribution >= 0.6 is 0 Å². The lowest BCUT2D eigenvalue weighted by molar-refractivity contribution is -0.116. The molecule has 0 saturated carbocycles. The lowest BCUT2D eigenvalue weighted by atomic mass is 10.2. The van der Waals surface area contributed by atoms with E-state index in [0.717, 1.165) is 32.0 Å². The van der Waals surface area contributed by atoms with Gasteiger partial charge in [-0.05, 0) is 50.9 Å². The summed E-state index contributed by atoms with van der Waals surface area (Å²) in [5.74, 6) is -1.06. The molecule has 1 amide bonds. The van der Waals surface area contributed by atoms with Gasteiger partial charge in [0.1, 0.15) is 18.7 Å². The van der Waals surface area contributed by atoms with Gasteiger partial charge in [0.05, 0.1) is 36.8 Å². The fraction of sp³-hybridized carbons (Fsp3) is 0.321. The van der Waals surface area contributed by atoms with Gasteiger partial charge in [-0.2, -0.15) is 5.10 Å². The molecule has 5 rings (SSSR count). The number of likely N-dealkylation sites (tertiary alicyclic amines) is 1. The van der Waals surface area contributed by atoms with Gasteiger partial charge in [-0.1, -0.05) is 6.07 Å². The normalized spacial score (nSPS) is 15.3. The Bertz CT molecular complexity index is 1500. The van der Waals surface area contributed by atoms with Crippen molar-refractivity contribution in [3.63, 3.8) is 0 Å². The molecule has 2 N–H and O–H groups in total. The molecule has 209 valence electrons. The molecule has 1 fully saturated rings. The number of anilines is 3. The highest BCUT2D eigenvalue weighted by Gasteiger charge is 2.20. The predicted octanol–water partition coefficient (Wildman–Crippen LogP) is 4.56. The summed E-state index contributed by atoms with van der Waals surface area (Å²) < 4.78 is 40.2. The Labute approximate surface area is 230 Å². The highest BCUT2D eigenvalue weighted by atomic mass is 19.2.